The Kier molecular flexibility index (Phi) is 8.78. The zero-order chi connectivity index (χ0) is 41.0. The van der Waals surface area contributed by atoms with Crippen molar-refractivity contribution in [3.05, 3.63) is 240 Å². The van der Waals surface area contributed by atoms with Crippen molar-refractivity contribution in [1.29, 1.82) is 0 Å². The van der Waals surface area contributed by atoms with Crippen LogP contribution in [0.3, 0.4) is 0 Å². The highest BCUT2D eigenvalue weighted by Gasteiger charge is 2.38. The molecule has 0 radical (unpaired) electrons. The minimum Gasteiger partial charge on any atom is -0.333 e. The minimum atomic E-state index is 0.250. The second kappa shape index (κ2) is 15.1. The van der Waals surface area contributed by atoms with Crippen molar-refractivity contribution >= 4 is 34.4 Å². The maximum atomic E-state index is 5.50. The van der Waals surface area contributed by atoms with Gasteiger partial charge in [-0.25, -0.2) is 4.98 Å². The lowest BCUT2D eigenvalue weighted by Gasteiger charge is -2.30. The Bertz CT molecular complexity index is 3210. The van der Waals surface area contributed by atoms with E-state index in [0.717, 1.165) is 40.1 Å². The van der Waals surface area contributed by atoms with Gasteiger partial charge >= 0.3 is 0 Å². The number of aromatic nitrogens is 2. The van der Waals surface area contributed by atoms with Crippen molar-refractivity contribution in [3.63, 3.8) is 0 Å². The zero-order valence-electron chi connectivity index (χ0n) is 34.2. The number of hydrogen-bond acceptors (Lipinski definition) is 2. The quantitative estimate of drug-likeness (QED) is 0.160. The van der Waals surface area contributed by atoms with E-state index in [4.69, 9.17) is 4.98 Å². The van der Waals surface area contributed by atoms with Crippen molar-refractivity contribution in [2.75, 3.05) is 4.90 Å². The third kappa shape index (κ3) is 6.24. The summed E-state index contributed by atoms with van der Waals surface area (Å²) < 4.78 is 2.40. The molecule has 0 saturated heterocycles. The Morgan fingerprint density at radius 3 is 1.79 bits per heavy atom. The highest BCUT2D eigenvalue weighted by atomic mass is 15.2. The van der Waals surface area contributed by atoms with Crippen LogP contribution < -0.4 is 15.5 Å². The van der Waals surface area contributed by atoms with Crippen molar-refractivity contribution in [2.45, 2.75) is 18.4 Å². The topological polar surface area (TPSA) is 21.1 Å². The van der Waals surface area contributed by atoms with Crippen molar-refractivity contribution < 1.29 is 0 Å². The van der Waals surface area contributed by atoms with Gasteiger partial charge in [0.2, 0.25) is 0 Å². The van der Waals surface area contributed by atoms with E-state index in [-0.39, 0.29) is 17.9 Å². The van der Waals surface area contributed by atoms with Crippen LogP contribution in [0.25, 0.3) is 73.5 Å². The molecule has 9 aromatic rings. The number of hydrogen-bond donors (Lipinski definition) is 0. The van der Waals surface area contributed by atoms with Gasteiger partial charge in [-0.3, -0.25) is 4.57 Å². The maximum absolute atomic E-state index is 5.50. The van der Waals surface area contributed by atoms with E-state index < -0.39 is 0 Å². The third-order valence-electron chi connectivity index (χ3n) is 13.1. The Hall–Kier alpha value is -7.75. The van der Waals surface area contributed by atoms with E-state index in [1.54, 1.807) is 0 Å². The van der Waals surface area contributed by atoms with Crippen LogP contribution in [0.2, 0.25) is 0 Å². The van der Waals surface area contributed by atoms with Crippen molar-refractivity contribution in [2.24, 2.45) is 5.92 Å². The monoisotopic (exact) mass is 793 g/mol. The van der Waals surface area contributed by atoms with Crippen molar-refractivity contribution in [3.8, 4) is 50.5 Å². The van der Waals surface area contributed by atoms with Crippen LogP contribution >= 0.6 is 0 Å². The first-order valence-corrected chi connectivity index (χ1v) is 21.7. The van der Waals surface area contributed by atoms with Crippen LogP contribution in [0.5, 0.6) is 0 Å². The second-order valence-corrected chi connectivity index (χ2v) is 16.7. The SMILES string of the molecule is C1=CC2C(C=C1C1C=c3c(n(-c4cc(-c5ccc(-c6ccccc6)cc5)cc(-c5ccc(-c6ccccc6)cc5)n4)c4ccccc34)=CC1)c1ccccc1N2c1ccccc1. The van der Waals surface area contributed by atoms with Crippen molar-refractivity contribution in [1.82, 2.24) is 9.55 Å². The van der Waals surface area contributed by atoms with E-state index in [2.05, 4.69) is 240 Å². The number of benzene rings is 7. The first-order chi connectivity index (χ1) is 30.7. The summed E-state index contributed by atoms with van der Waals surface area (Å²) in [5.74, 6) is 1.47. The molecule has 3 unspecified atom stereocenters. The number of fused-ring (bicyclic) bond motifs is 6. The molecule has 0 saturated carbocycles. The molecule has 2 aliphatic carbocycles. The summed E-state index contributed by atoms with van der Waals surface area (Å²) in [5, 5.41) is 3.73. The maximum Gasteiger partial charge on any atom is 0.138 e. The van der Waals surface area contributed by atoms with E-state index in [9.17, 15) is 0 Å². The van der Waals surface area contributed by atoms with Gasteiger partial charge < -0.3 is 4.90 Å². The van der Waals surface area contributed by atoms with Gasteiger partial charge in [-0.2, -0.15) is 0 Å². The summed E-state index contributed by atoms with van der Waals surface area (Å²) in [4.78, 5) is 8.01. The highest BCUT2D eigenvalue weighted by molar-refractivity contribution is 5.86. The lowest BCUT2D eigenvalue weighted by atomic mass is 9.82. The predicted molar refractivity (Wildman–Crippen MR) is 258 cm³/mol. The molecule has 0 fully saturated rings. The average Bonchev–Trinajstić information content (AvgIpc) is 3.87. The molecule has 294 valence electrons. The standard InChI is InChI=1S/C59H43N3/c1-4-14-40(15-5-1)42-24-26-44(27-25-42)48-38-54(45-30-28-43(29-31-45)41-16-6-2-7-17-41)60-59(39-48)62-56-23-13-11-21-51(56)53-37-47(33-35-58(53)62)46-32-34-57-52(36-46)50-20-10-12-22-55(50)61(57)49-18-8-3-9-19-49/h1-32,34-39,47,52,57H,33H2. The fourth-order valence-corrected chi connectivity index (χ4v) is 10.1. The van der Waals surface area contributed by atoms with Crippen LogP contribution in [0, 0.1) is 5.92 Å². The van der Waals surface area contributed by atoms with Gasteiger partial charge in [0.25, 0.3) is 0 Å². The second-order valence-electron chi connectivity index (χ2n) is 16.7. The molecule has 7 aromatic carbocycles. The van der Waals surface area contributed by atoms with Gasteiger partial charge in [-0.05, 0) is 87.3 Å². The largest absolute Gasteiger partial charge is 0.333 e. The number of para-hydroxylation sites is 3. The molecule has 3 aliphatic rings. The summed E-state index contributed by atoms with van der Waals surface area (Å²) in [6.07, 6.45) is 13.3. The van der Waals surface area contributed by atoms with Crippen LogP contribution in [-0.4, -0.2) is 15.6 Å². The predicted octanol–water partition coefficient (Wildman–Crippen LogP) is 13.1. The molecule has 12 rings (SSSR count). The lowest BCUT2D eigenvalue weighted by Crippen LogP contribution is -2.33. The molecule has 0 bridgehead atoms. The van der Waals surface area contributed by atoms with Gasteiger partial charge in [0.1, 0.15) is 5.82 Å². The van der Waals surface area contributed by atoms with Crippen LogP contribution in [0.1, 0.15) is 17.9 Å². The Labute approximate surface area is 362 Å². The zero-order valence-corrected chi connectivity index (χ0v) is 34.2. The lowest BCUT2D eigenvalue weighted by molar-refractivity contribution is 0.716. The fraction of sp³-hybridized carbons (Fsp3) is 0.0678. The average molecular weight is 794 g/mol. The Morgan fingerprint density at radius 2 is 1.08 bits per heavy atom. The first-order valence-electron chi connectivity index (χ1n) is 21.7. The number of anilines is 2. The number of allylic oxidation sites excluding steroid dienone is 2. The van der Waals surface area contributed by atoms with E-state index >= 15 is 0 Å². The van der Waals surface area contributed by atoms with Gasteiger partial charge in [-0.15, -0.1) is 0 Å². The van der Waals surface area contributed by atoms with Gasteiger partial charge in [-0.1, -0.05) is 194 Å². The third-order valence-corrected chi connectivity index (χ3v) is 13.1. The number of pyridine rings is 1. The molecular weight excluding hydrogens is 751 g/mol. The van der Waals surface area contributed by atoms with E-state index in [0.29, 0.717) is 0 Å². The molecule has 0 N–H and O–H groups in total. The summed E-state index contributed by atoms with van der Waals surface area (Å²) in [5.41, 5.74) is 15.6. The molecule has 0 amide bonds. The summed E-state index contributed by atoms with van der Waals surface area (Å²) in [7, 11) is 0. The fourth-order valence-electron chi connectivity index (χ4n) is 10.1. The highest BCUT2D eigenvalue weighted by Crippen LogP contribution is 2.49. The molecule has 3 nitrogen and oxygen atoms in total. The summed E-state index contributed by atoms with van der Waals surface area (Å²) in [6, 6.07) is 72.3. The van der Waals surface area contributed by atoms with Crippen LogP contribution in [0.15, 0.2) is 224 Å². The molecule has 0 spiro atoms. The molecule has 2 aromatic heterocycles. The van der Waals surface area contributed by atoms with Gasteiger partial charge in [0, 0.05) is 39.4 Å². The Morgan fingerprint density at radius 1 is 0.500 bits per heavy atom. The molecule has 3 heteroatoms. The molecule has 62 heavy (non-hydrogen) atoms. The van der Waals surface area contributed by atoms with Gasteiger partial charge in [0.15, 0.2) is 0 Å². The molecule has 3 atom stereocenters. The number of rotatable bonds is 7. The van der Waals surface area contributed by atoms with Gasteiger partial charge in [0.05, 0.1) is 22.6 Å². The first kappa shape index (κ1) is 36.1. The minimum absolute atomic E-state index is 0.250. The van der Waals surface area contributed by atoms with E-state index in [1.807, 2.05) is 0 Å². The van der Waals surface area contributed by atoms with E-state index in [1.165, 1.54) is 60.7 Å². The van der Waals surface area contributed by atoms with Crippen LogP contribution in [0.4, 0.5) is 11.4 Å². The molecule has 3 heterocycles. The number of nitrogens with zero attached hydrogens (tertiary/aromatic N) is 3. The smallest absolute Gasteiger partial charge is 0.138 e. The Balaban J connectivity index is 0.965. The molecular formula is C59H43N3. The van der Waals surface area contributed by atoms with Crippen LogP contribution in [-0.2, 0) is 0 Å². The normalized spacial score (nSPS) is 17.4. The molecule has 1 aliphatic heterocycles. The summed E-state index contributed by atoms with van der Waals surface area (Å²) in [6.45, 7) is 0. The summed E-state index contributed by atoms with van der Waals surface area (Å²) >= 11 is 0.